The first kappa shape index (κ1) is 40.7. The van der Waals surface area contributed by atoms with Gasteiger partial charge in [-0.1, -0.05) is 26.7 Å². The van der Waals surface area contributed by atoms with Crippen LogP contribution < -0.4 is 20.6 Å². The zero-order valence-electron chi connectivity index (χ0n) is 33.2. The van der Waals surface area contributed by atoms with Crippen LogP contribution in [-0.4, -0.2) is 104 Å². The molecule has 308 valence electrons. The largest absolute Gasteiger partial charge is 0.493 e. The predicted molar refractivity (Wildman–Crippen MR) is 217 cm³/mol. The summed E-state index contributed by atoms with van der Waals surface area (Å²) >= 11 is 0. The highest BCUT2D eigenvalue weighted by Gasteiger charge is 2.35. The van der Waals surface area contributed by atoms with Gasteiger partial charge < -0.3 is 19.4 Å². The third kappa shape index (κ3) is 7.29. The molecule has 0 aliphatic carbocycles. The lowest BCUT2D eigenvalue weighted by atomic mass is 10.1. The van der Waals surface area contributed by atoms with Crippen LogP contribution >= 0.6 is 0 Å². The molecular formula is C38H46N10O8S2. The Bertz CT molecular complexity index is 2680. The molecule has 58 heavy (non-hydrogen) atoms. The van der Waals surface area contributed by atoms with Crippen molar-refractivity contribution in [3.05, 3.63) is 68.5 Å². The number of fused-ring (bicyclic) bond motifs is 2. The molecule has 0 saturated carbocycles. The van der Waals surface area contributed by atoms with Crippen molar-refractivity contribution < 1.29 is 26.3 Å². The number of nitrogens with one attached hydrogen (secondary N) is 2. The van der Waals surface area contributed by atoms with E-state index >= 15 is 0 Å². The van der Waals surface area contributed by atoms with Gasteiger partial charge in [0, 0.05) is 40.3 Å². The number of aromatic amines is 2. The van der Waals surface area contributed by atoms with Crippen molar-refractivity contribution in [1.29, 1.82) is 0 Å². The van der Waals surface area contributed by atoms with Crippen LogP contribution in [0.1, 0.15) is 51.9 Å². The summed E-state index contributed by atoms with van der Waals surface area (Å²) in [6.45, 7) is 7.62. The molecule has 7 rings (SSSR count). The number of aromatic nitrogens is 8. The second-order valence-electron chi connectivity index (χ2n) is 13.9. The maximum Gasteiger partial charge on any atom is 0.277 e. The fourth-order valence-corrected chi connectivity index (χ4v) is 10.2. The van der Waals surface area contributed by atoms with E-state index in [1.165, 1.54) is 54.4 Å². The first-order valence-corrected chi connectivity index (χ1v) is 22.1. The third-order valence-electron chi connectivity index (χ3n) is 9.98. The topological polar surface area (TPSA) is 220 Å². The van der Waals surface area contributed by atoms with E-state index in [1.54, 1.807) is 27.9 Å². The second-order valence-corrected chi connectivity index (χ2v) is 17.7. The highest BCUT2D eigenvalue weighted by molar-refractivity contribution is 7.89. The molecule has 4 aromatic heterocycles. The third-order valence-corrected chi connectivity index (χ3v) is 13.8. The van der Waals surface area contributed by atoms with E-state index in [9.17, 15) is 26.4 Å². The number of nitrogens with zero attached hydrogens (tertiary/aromatic N) is 8. The molecule has 1 saturated heterocycles. The summed E-state index contributed by atoms with van der Waals surface area (Å²) in [5.74, 6) is 0.929. The molecule has 2 N–H and O–H groups in total. The minimum Gasteiger partial charge on any atom is -0.493 e. The highest BCUT2D eigenvalue weighted by atomic mass is 32.2. The Kier molecular flexibility index (Phi) is 11.3. The van der Waals surface area contributed by atoms with E-state index in [0.717, 1.165) is 12.8 Å². The van der Waals surface area contributed by atoms with Crippen molar-refractivity contribution in [3.8, 4) is 34.3 Å². The summed E-state index contributed by atoms with van der Waals surface area (Å²) in [7, 11) is -4.96. The van der Waals surface area contributed by atoms with Crippen molar-refractivity contribution in [3.63, 3.8) is 0 Å². The molecule has 1 aliphatic rings. The SMILES string of the molecule is CCCc1nn(C)c2c(=O)[nH]c(-c3cc(S(=O)(=O)N4CCN(S(=O)(=O)c5ccc(OCC)c(-c6nc7c(CCC)nn(C)c7c(=O)[nH]6)c5)CC4)ccc3OCC)nc12. The average Bonchev–Trinajstić information content (AvgIpc) is 3.70. The minimum atomic E-state index is -4.15. The number of sulfonamides is 2. The van der Waals surface area contributed by atoms with Crippen molar-refractivity contribution >= 4 is 42.1 Å². The van der Waals surface area contributed by atoms with E-state index in [4.69, 9.17) is 19.4 Å². The van der Waals surface area contributed by atoms with Crippen molar-refractivity contribution in [2.45, 2.75) is 63.2 Å². The van der Waals surface area contributed by atoms with Gasteiger partial charge in [-0.15, -0.1) is 0 Å². The van der Waals surface area contributed by atoms with Gasteiger partial charge in [-0.25, -0.2) is 26.8 Å². The van der Waals surface area contributed by atoms with Crippen LogP contribution in [0.3, 0.4) is 0 Å². The molecule has 0 atom stereocenters. The van der Waals surface area contributed by atoms with Crippen LogP contribution in [0.25, 0.3) is 44.8 Å². The normalized spacial score (nSPS) is 14.4. The summed E-state index contributed by atoms with van der Waals surface area (Å²) in [5.41, 5.74) is 2.48. The molecule has 0 amide bonds. The maximum absolute atomic E-state index is 14.1. The quantitative estimate of drug-likeness (QED) is 0.161. The van der Waals surface area contributed by atoms with Gasteiger partial charge in [-0.3, -0.25) is 19.0 Å². The van der Waals surface area contributed by atoms with Crippen LogP contribution in [0.2, 0.25) is 0 Å². The van der Waals surface area contributed by atoms with Gasteiger partial charge in [0.2, 0.25) is 20.0 Å². The van der Waals surface area contributed by atoms with Gasteiger partial charge in [-0.2, -0.15) is 18.8 Å². The molecule has 0 bridgehead atoms. The first-order chi connectivity index (χ1) is 27.7. The maximum atomic E-state index is 14.1. The van der Waals surface area contributed by atoms with Gasteiger partial charge in [0.25, 0.3) is 11.1 Å². The zero-order chi connectivity index (χ0) is 41.5. The van der Waals surface area contributed by atoms with Crippen LogP contribution in [0.5, 0.6) is 11.5 Å². The Labute approximate surface area is 334 Å². The fraction of sp³-hybridized carbons (Fsp3) is 0.421. The Morgan fingerprint density at radius 2 is 1.00 bits per heavy atom. The molecule has 5 heterocycles. The predicted octanol–water partition coefficient (Wildman–Crippen LogP) is 3.36. The second kappa shape index (κ2) is 16.1. The van der Waals surface area contributed by atoms with Gasteiger partial charge in [0.05, 0.1) is 45.5 Å². The lowest BCUT2D eigenvalue weighted by Gasteiger charge is -2.33. The summed E-state index contributed by atoms with van der Waals surface area (Å²) < 4.78 is 73.6. The zero-order valence-corrected chi connectivity index (χ0v) is 34.8. The molecule has 1 fully saturated rings. The molecule has 0 unspecified atom stereocenters. The standard InChI is InChI=1S/C38H46N10O8S2/c1-7-11-27-31-33(45(5)43-27)37(49)41-35(39-31)25-21-23(13-15-29(25)55-9-3)57(51,52)47-17-19-48(20-18-47)58(53,54)24-14-16-30(56-10-4)26(22-24)36-40-32-28(12-8-2)44-46(6)34(32)38(50)42-36/h13-16,21-22H,7-12,17-20H2,1-6H3,(H,39,41,49)(H,40,42,50). The van der Waals surface area contributed by atoms with E-state index in [2.05, 4.69) is 20.2 Å². The Morgan fingerprint density at radius 1 is 0.621 bits per heavy atom. The number of rotatable bonds is 14. The Hall–Kier alpha value is -5.44. The van der Waals surface area contributed by atoms with Gasteiger partial charge in [-0.05, 0) is 63.1 Å². The molecule has 18 nitrogen and oxygen atoms in total. The fourth-order valence-electron chi connectivity index (χ4n) is 7.28. The number of hydrogen-bond donors (Lipinski definition) is 2. The molecule has 2 aromatic carbocycles. The summed E-state index contributed by atoms with van der Waals surface area (Å²) in [6, 6.07) is 8.72. The van der Waals surface area contributed by atoms with E-state index < -0.39 is 31.2 Å². The van der Waals surface area contributed by atoms with E-state index in [0.29, 0.717) is 57.8 Å². The molecule has 20 heteroatoms. The number of hydrogen-bond acceptors (Lipinski definition) is 12. The van der Waals surface area contributed by atoms with E-state index in [1.807, 2.05) is 13.8 Å². The minimum absolute atomic E-state index is 0.0738. The number of aryl methyl sites for hydroxylation is 4. The molecule has 0 spiro atoms. The van der Waals surface area contributed by atoms with Crippen LogP contribution in [0.15, 0.2) is 55.8 Å². The summed E-state index contributed by atoms with van der Waals surface area (Å²) in [6.07, 6.45) is 2.77. The lowest BCUT2D eigenvalue weighted by molar-refractivity contribution is 0.272. The first-order valence-electron chi connectivity index (χ1n) is 19.2. The van der Waals surface area contributed by atoms with Crippen LogP contribution in [0.4, 0.5) is 0 Å². The summed E-state index contributed by atoms with van der Waals surface area (Å²) in [4.78, 5) is 41.4. The average molecular weight is 835 g/mol. The Morgan fingerprint density at radius 3 is 1.34 bits per heavy atom. The molecule has 6 aromatic rings. The van der Waals surface area contributed by atoms with Crippen molar-refractivity contribution in [1.82, 2.24) is 48.1 Å². The van der Waals surface area contributed by atoms with Crippen molar-refractivity contribution in [2.24, 2.45) is 14.1 Å². The highest BCUT2D eigenvalue weighted by Crippen LogP contribution is 2.35. The molecule has 0 radical (unpaired) electrons. The number of piperazine rings is 1. The Balaban J connectivity index is 1.17. The van der Waals surface area contributed by atoms with Crippen LogP contribution in [-0.2, 0) is 47.0 Å². The molecule has 1 aliphatic heterocycles. The smallest absolute Gasteiger partial charge is 0.277 e. The van der Waals surface area contributed by atoms with Gasteiger partial charge >= 0.3 is 0 Å². The monoisotopic (exact) mass is 834 g/mol. The molecular weight excluding hydrogens is 789 g/mol. The number of ether oxygens (including phenoxy) is 2. The van der Waals surface area contributed by atoms with Crippen LogP contribution in [0, 0.1) is 0 Å². The number of benzene rings is 2. The van der Waals surface area contributed by atoms with Gasteiger partial charge in [0.15, 0.2) is 11.0 Å². The van der Waals surface area contributed by atoms with Crippen molar-refractivity contribution in [2.75, 3.05) is 39.4 Å². The lowest BCUT2D eigenvalue weighted by Crippen LogP contribution is -2.50. The summed E-state index contributed by atoms with van der Waals surface area (Å²) in [5, 5.41) is 8.95. The van der Waals surface area contributed by atoms with Gasteiger partial charge in [0.1, 0.15) is 34.2 Å². The number of H-pyrrole nitrogens is 2. The van der Waals surface area contributed by atoms with E-state index in [-0.39, 0.29) is 72.0 Å².